The molecule has 0 radical (unpaired) electrons. The van der Waals surface area contributed by atoms with Gasteiger partial charge in [-0.1, -0.05) is 25.2 Å². The number of amides is 2. The summed E-state index contributed by atoms with van der Waals surface area (Å²) >= 11 is 1.44. The van der Waals surface area contributed by atoms with Gasteiger partial charge >= 0.3 is 0 Å². The predicted molar refractivity (Wildman–Crippen MR) is 80.2 cm³/mol. The van der Waals surface area contributed by atoms with E-state index in [4.69, 9.17) is 0 Å². The van der Waals surface area contributed by atoms with E-state index in [1.807, 2.05) is 13.8 Å². The van der Waals surface area contributed by atoms with Crippen LogP contribution in [0.5, 0.6) is 0 Å². The summed E-state index contributed by atoms with van der Waals surface area (Å²) in [5.74, 6) is 0.00975. The van der Waals surface area contributed by atoms with Crippen LogP contribution >= 0.6 is 11.3 Å². The number of rotatable bonds is 4. The van der Waals surface area contributed by atoms with Crippen molar-refractivity contribution in [2.45, 2.75) is 51.5 Å². The monoisotopic (exact) mass is 308 g/mol. The zero-order chi connectivity index (χ0) is 15.0. The van der Waals surface area contributed by atoms with Crippen molar-refractivity contribution >= 4 is 28.3 Å². The summed E-state index contributed by atoms with van der Waals surface area (Å²) in [6.07, 6.45) is 3.58. The molecule has 7 heteroatoms. The van der Waals surface area contributed by atoms with Crippen molar-refractivity contribution in [2.24, 2.45) is 5.92 Å². The van der Waals surface area contributed by atoms with Gasteiger partial charge in [-0.3, -0.25) is 14.5 Å². The molecule has 1 unspecified atom stereocenters. The average molecular weight is 308 g/mol. The van der Waals surface area contributed by atoms with Gasteiger partial charge in [-0.05, 0) is 19.3 Å². The first-order valence-electron chi connectivity index (χ1n) is 7.48. The van der Waals surface area contributed by atoms with E-state index in [0.717, 1.165) is 17.8 Å². The van der Waals surface area contributed by atoms with Crippen molar-refractivity contribution in [1.82, 2.24) is 15.5 Å². The van der Waals surface area contributed by atoms with Crippen LogP contribution in [0.4, 0.5) is 5.13 Å². The fourth-order valence-electron chi connectivity index (χ4n) is 2.51. The van der Waals surface area contributed by atoms with Crippen molar-refractivity contribution in [3.05, 3.63) is 5.01 Å². The first kappa shape index (κ1) is 14.4. The number of nitrogens with one attached hydrogen (secondary N) is 1. The molecule has 3 rings (SSSR count). The minimum atomic E-state index is -0.260. The highest BCUT2D eigenvalue weighted by atomic mass is 32.1. The Morgan fingerprint density at radius 2 is 2.14 bits per heavy atom. The molecule has 2 heterocycles. The standard InChI is InChI=1S/C14H20N4O2S/c1-8(2)13-16-17-14(21-13)18-7-9(6-11(18)19)12(20)15-10-4-3-5-10/h8-10H,3-7H2,1-2H3,(H,15,20). The van der Waals surface area contributed by atoms with E-state index < -0.39 is 0 Å². The molecule has 0 spiro atoms. The van der Waals surface area contributed by atoms with E-state index in [1.54, 1.807) is 4.90 Å². The number of hydrogen-bond acceptors (Lipinski definition) is 5. The molecule has 1 saturated carbocycles. The molecule has 2 fully saturated rings. The molecule has 1 aromatic rings. The summed E-state index contributed by atoms with van der Waals surface area (Å²) in [5.41, 5.74) is 0. The van der Waals surface area contributed by atoms with Crippen LogP contribution in [-0.4, -0.2) is 34.6 Å². The second-order valence-corrected chi connectivity index (χ2v) is 7.11. The van der Waals surface area contributed by atoms with Crippen molar-refractivity contribution in [3.63, 3.8) is 0 Å². The topological polar surface area (TPSA) is 75.2 Å². The molecule has 1 aromatic heterocycles. The molecule has 0 aromatic carbocycles. The van der Waals surface area contributed by atoms with Crippen molar-refractivity contribution < 1.29 is 9.59 Å². The number of carbonyl (C=O) groups is 2. The maximum absolute atomic E-state index is 12.2. The molecule has 1 N–H and O–H groups in total. The van der Waals surface area contributed by atoms with Crippen LogP contribution in [0.3, 0.4) is 0 Å². The molecule has 1 aliphatic heterocycles. The predicted octanol–water partition coefficient (Wildman–Crippen LogP) is 1.68. The molecule has 2 aliphatic rings. The first-order chi connectivity index (χ1) is 10.0. The van der Waals surface area contributed by atoms with Gasteiger partial charge in [-0.25, -0.2) is 0 Å². The molecule has 2 amide bonds. The van der Waals surface area contributed by atoms with Gasteiger partial charge in [0, 0.05) is 24.9 Å². The van der Waals surface area contributed by atoms with Gasteiger partial charge in [0.15, 0.2) is 0 Å². The smallest absolute Gasteiger partial charge is 0.229 e. The summed E-state index contributed by atoms with van der Waals surface area (Å²) in [4.78, 5) is 25.9. The van der Waals surface area contributed by atoms with E-state index in [2.05, 4.69) is 15.5 Å². The number of nitrogens with zero attached hydrogens (tertiary/aromatic N) is 3. The largest absolute Gasteiger partial charge is 0.353 e. The Labute approximate surface area is 127 Å². The second kappa shape index (κ2) is 5.71. The molecule has 1 atom stereocenters. The second-order valence-electron chi connectivity index (χ2n) is 6.12. The van der Waals surface area contributed by atoms with Gasteiger partial charge in [0.25, 0.3) is 0 Å². The van der Waals surface area contributed by atoms with Crippen molar-refractivity contribution in [3.8, 4) is 0 Å². The maximum atomic E-state index is 12.2. The highest BCUT2D eigenvalue weighted by Gasteiger charge is 2.37. The van der Waals surface area contributed by atoms with Crippen LogP contribution in [0, 0.1) is 5.92 Å². The van der Waals surface area contributed by atoms with E-state index >= 15 is 0 Å². The lowest BCUT2D eigenvalue weighted by molar-refractivity contribution is -0.127. The Kier molecular flexibility index (Phi) is 3.93. The lowest BCUT2D eigenvalue weighted by Crippen LogP contribution is -2.43. The molecule has 0 bridgehead atoms. The SMILES string of the molecule is CC(C)c1nnc(N2CC(C(=O)NC3CCC3)CC2=O)s1. The lowest BCUT2D eigenvalue weighted by Gasteiger charge is -2.27. The third kappa shape index (κ3) is 2.92. The van der Waals surface area contributed by atoms with Crippen LogP contribution in [0.25, 0.3) is 0 Å². The van der Waals surface area contributed by atoms with Crippen LogP contribution in [0.2, 0.25) is 0 Å². The molecular formula is C14H20N4O2S. The lowest BCUT2D eigenvalue weighted by atomic mass is 9.92. The van der Waals surface area contributed by atoms with Gasteiger partial charge in [-0.2, -0.15) is 0 Å². The maximum Gasteiger partial charge on any atom is 0.229 e. The van der Waals surface area contributed by atoms with Gasteiger partial charge in [0.1, 0.15) is 5.01 Å². The molecular weight excluding hydrogens is 288 g/mol. The van der Waals surface area contributed by atoms with Gasteiger partial charge in [-0.15, -0.1) is 10.2 Å². The molecule has 114 valence electrons. The Hall–Kier alpha value is -1.50. The normalized spacial score (nSPS) is 22.7. The number of aromatic nitrogens is 2. The Morgan fingerprint density at radius 1 is 1.38 bits per heavy atom. The average Bonchev–Trinajstić information content (AvgIpc) is 2.99. The van der Waals surface area contributed by atoms with Crippen LogP contribution in [0.15, 0.2) is 0 Å². The number of hydrogen-bond donors (Lipinski definition) is 1. The zero-order valence-electron chi connectivity index (χ0n) is 12.3. The molecule has 1 saturated heterocycles. The first-order valence-corrected chi connectivity index (χ1v) is 8.30. The minimum absolute atomic E-state index is 0.00384. The van der Waals surface area contributed by atoms with Crippen LogP contribution in [-0.2, 0) is 9.59 Å². The summed E-state index contributed by atoms with van der Waals surface area (Å²) in [6.45, 7) is 4.51. The van der Waals surface area contributed by atoms with Crippen LogP contribution < -0.4 is 10.2 Å². The summed E-state index contributed by atoms with van der Waals surface area (Å²) in [7, 11) is 0. The third-order valence-corrected chi connectivity index (χ3v) is 5.35. The fraction of sp³-hybridized carbons (Fsp3) is 0.714. The van der Waals surface area contributed by atoms with Crippen molar-refractivity contribution in [1.29, 1.82) is 0 Å². The highest BCUT2D eigenvalue weighted by Crippen LogP contribution is 2.30. The number of anilines is 1. The highest BCUT2D eigenvalue weighted by molar-refractivity contribution is 7.15. The summed E-state index contributed by atoms with van der Waals surface area (Å²) < 4.78 is 0. The van der Waals surface area contributed by atoms with Crippen molar-refractivity contribution in [2.75, 3.05) is 11.4 Å². The molecule has 21 heavy (non-hydrogen) atoms. The van der Waals surface area contributed by atoms with Gasteiger partial charge in [0.2, 0.25) is 16.9 Å². The third-order valence-electron chi connectivity index (χ3n) is 4.10. The van der Waals surface area contributed by atoms with Gasteiger partial charge in [0.05, 0.1) is 5.92 Å². The fourth-order valence-corrected chi connectivity index (χ4v) is 3.38. The summed E-state index contributed by atoms with van der Waals surface area (Å²) in [5, 5.41) is 12.8. The Morgan fingerprint density at radius 3 is 2.71 bits per heavy atom. The Bertz CT molecular complexity index is 553. The van der Waals surface area contributed by atoms with Crippen LogP contribution in [0.1, 0.15) is 50.5 Å². The minimum Gasteiger partial charge on any atom is -0.353 e. The van der Waals surface area contributed by atoms with E-state index in [1.165, 1.54) is 17.8 Å². The van der Waals surface area contributed by atoms with E-state index in [9.17, 15) is 9.59 Å². The molecule has 6 nitrogen and oxygen atoms in total. The summed E-state index contributed by atoms with van der Waals surface area (Å²) in [6, 6.07) is 0.315. The van der Waals surface area contributed by atoms with E-state index in [-0.39, 0.29) is 24.2 Å². The van der Waals surface area contributed by atoms with E-state index in [0.29, 0.717) is 23.6 Å². The quantitative estimate of drug-likeness (QED) is 0.918. The van der Waals surface area contributed by atoms with Gasteiger partial charge < -0.3 is 5.32 Å². The molecule has 1 aliphatic carbocycles. The zero-order valence-corrected chi connectivity index (χ0v) is 13.2. The Balaban J connectivity index is 1.64. The number of carbonyl (C=O) groups excluding carboxylic acids is 2.